The summed E-state index contributed by atoms with van der Waals surface area (Å²) in [6.07, 6.45) is 7.31. The van der Waals surface area contributed by atoms with Crippen LogP contribution < -0.4 is 15.6 Å². The number of fused-ring (bicyclic) bond motifs is 2. The number of nitrogens with one attached hydrogen (secondary N) is 2. The van der Waals surface area contributed by atoms with Crippen LogP contribution in [0.25, 0.3) is 17.0 Å². The molecule has 3 atom stereocenters. The number of carbonyl (C=O) groups excluding carboxylic acids is 3. The van der Waals surface area contributed by atoms with Crippen LogP contribution in [0.5, 0.6) is 0 Å². The smallest absolute Gasteiger partial charge is 0.255 e. The third-order valence-corrected chi connectivity index (χ3v) is 10.8. The molecular formula is C39H38FN9O3. The first-order valence-electron chi connectivity index (χ1n) is 18.0. The number of imidazole rings is 1. The van der Waals surface area contributed by atoms with Crippen LogP contribution in [0.3, 0.4) is 0 Å². The van der Waals surface area contributed by atoms with E-state index in [1.165, 1.54) is 6.07 Å². The van der Waals surface area contributed by atoms with Crippen molar-refractivity contribution in [3.63, 3.8) is 0 Å². The summed E-state index contributed by atoms with van der Waals surface area (Å²) in [4.78, 5) is 51.1. The number of nitrogens with zero attached hydrogens (tertiary/aromatic N) is 7. The largest absolute Gasteiger partial charge is 0.348 e. The number of imide groups is 1. The van der Waals surface area contributed by atoms with E-state index in [2.05, 4.69) is 31.7 Å². The van der Waals surface area contributed by atoms with E-state index >= 15 is 0 Å². The number of hydrazine groups is 1. The molecule has 13 heteroatoms. The van der Waals surface area contributed by atoms with Crippen molar-refractivity contribution in [3.05, 3.63) is 107 Å². The quantitative estimate of drug-likeness (QED) is 0.209. The van der Waals surface area contributed by atoms with Gasteiger partial charge in [-0.05, 0) is 97.8 Å². The van der Waals surface area contributed by atoms with Crippen molar-refractivity contribution >= 4 is 34.9 Å². The molecule has 3 fully saturated rings. The van der Waals surface area contributed by atoms with Crippen LogP contribution in [0.4, 0.5) is 15.9 Å². The van der Waals surface area contributed by atoms with E-state index in [1.54, 1.807) is 17.0 Å². The van der Waals surface area contributed by atoms with Gasteiger partial charge in [0.05, 0.1) is 29.7 Å². The van der Waals surface area contributed by atoms with Gasteiger partial charge in [0.15, 0.2) is 5.65 Å². The summed E-state index contributed by atoms with van der Waals surface area (Å²) in [5, 5.41) is 9.63. The average molecular weight is 700 g/mol. The van der Waals surface area contributed by atoms with Gasteiger partial charge in [-0.1, -0.05) is 24.6 Å². The number of halogens is 1. The number of piperidine rings is 2. The summed E-state index contributed by atoms with van der Waals surface area (Å²) in [5.74, 6) is -0.318. The van der Waals surface area contributed by atoms with Gasteiger partial charge in [0.2, 0.25) is 11.8 Å². The number of pyridine rings is 1. The van der Waals surface area contributed by atoms with E-state index in [0.29, 0.717) is 18.5 Å². The first-order valence-corrected chi connectivity index (χ1v) is 18.0. The van der Waals surface area contributed by atoms with Crippen molar-refractivity contribution < 1.29 is 18.8 Å². The second-order valence-corrected chi connectivity index (χ2v) is 14.0. The van der Waals surface area contributed by atoms with Gasteiger partial charge in [-0.15, -0.1) is 5.10 Å². The maximum absolute atomic E-state index is 14.1. The van der Waals surface area contributed by atoms with Crippen LogP contribution in [0, 0.1) is 5.82 Å². The maximum Gasteiger partial charge on any atom is 0.255 e. The van der Waals surface area contributed by atoms with Gasteiger partial charge in [0.25, 0.3) is 5.91 Å². The lowest BCUT2D eigenvalue weighted by atomic mass is 10.00. The first kappa shape index (κ1) is 32.2. The topological polar surface area (TPSA) is 128 Å². The predicted molar refractivity (Wildman–Crippen MR) is 191 cm³/mol. The van der Waals surface area contributed by atoms with Gasteiger partial charge >= 0.3 is 0 Å². The molecule has 52 heavy (non-hydrogen) atoms. The third-order valence-electron chi connectivity index (χ3n) is 10.8. The molecule has 12 nitrogen and oxygen atoms in total. The predicted octanol–water partition coefficient (Wildman–Crippen LogP) is 5.59. The molecule has 0 saturated carbocycles. The van der Waals surface area contributed by atoms with E-state index in [4.69, 9.17) is 10.1 Å². The number of aromatic nitrogens is 4. The molecule has 9 rings (SSSR count). The van der Waals surface area contributed by atoms with Gasteiger partial charge in [0.1, 0.15) is 23.4 Å². The number of amides is 3. The van der Waals surface area contributed by atoms with E-state index in [0.717, 1.165) is 90.6 Å². The molecule has 0 radical (unpaired) electrons. The van der Waals surface area contributed by atoms with Crippen LogP contribution in [-0.2, 0) is 16.1 Å². The summed E-state index contributed by atoms with van der Waals surface area (Å²) in [5.41, 5.74) is 10.1. The lowest BCUT2D eigenvalue weighted by molar-refractivity contribution is -0.136. The van der Waals surface area contributed by atoms with Gasteiger partial charge in [0, 0.05) is 37.3 Å². The van der Waals surface area contributed by atoms with E-state index in [-0.39, 0.29) is 36.1 Å². The summed E-state index contributed by atoms with van der Waals surface area (Å²) in [6, 6.07) is 22.0. The number of carbonyl (C=O) groups is 3. The summed E-state index contributed by atoms with van der Waals surface area (Å²) >= 11 is 0. The summed E-state index contributed by atoms with van der Waals surface area (Å²) < 4.78 is 16.0. The highest BCUT2D eigenvalue weighted by molar-refractivity contribution is 6.05. The minimum atomic E-state index is -0.647. The van der Waals surface area contributed by atoms with Gasteiger partial charge in [-0.2, -0.15) is 0 Å². The highest BCUT2D eigenvalue weighted by atomic mass is 19.1. The molecule has 264 valence electrons. The van der Waals surface area contributed by atoms with Crippen molar-refractivity contribution in [1.29, 1.82) is 0 Å². The van der Waals surface area contributed by atoms with E-state index in [9.17, 15) is 18.8 Å². The fraction of sp³-hybridized carbons (Fsp3) is 0.333. The molecule has 4 aliphatic heterocycles. The standard InChI is InChI=1S/C39H38FN9O3/c40-26-7-3-6-24(20-26)31-11-5-18-46(31)36-16-15-35-41-22-34(49(35)45-36)30-9-4-8-29(42-30)32-10-1-2-19-48(32)44-27-12-13-28-25(21-27)23-47(39(28)52)33-14-17-37(50)43-38(33)51/h3-4,6-9,12-13,15-16,20-22,31-33,44H,1-2,5,10-11,14,17-19,23H2,(H,43,50,51)/t31-,32?,33?/m1/s1. The van der Waals surface area contributed by atoms with Crippen LogP contribution >= 0.6 is 0 Å². The van der Waals surface area contributed by atoms with Gasteiger partial charge < -0.3 is 15.2 Å². The third kappa shape index (κ3) is 5.84. The van der Waals surface area contributed by atoms with Crippen molar-refractivity contribution in [2.75, 3.05) is 23.4 Å². The molecule has 3 saturated heterocycles. The molecule has 0 spiro atoms. The Hall–Kier alpha value is -5.69. The maximum atomic E-state index is 14.1. The monoisotopic (exact) mass is 699 g/mol. The Morgan fingerprint density at radius 1 is 0.827 bits per heavy atom. The molecule has 2 N–H and O–H groups in total. The van der Waals surface area contributed by atoms with Crippen molar-refractivity contribution in [1.82, 2.24) is 34.8 Å². The molecule has 3 amide bonds. The van der Waals surface area contributed by atoms with Crippen molar-refractivity contribution in [3.8, 4) is 11.4 Å². The van der Waals surface area contributed by atoms with Crippen molar-refractivity contribution in [2.45, 2.75) is 69.6 Å². The molecule has 0 aliphatic carbocycles. The minimum Gasteiger partial charge on any atom is -0.348 e. The Balaban J connectivity index is 0.954. The number of benzene rings is 2. The highest BCUT2D eigenvalue weighted by Gasteiger charge is 2.39. The molecule has 7 heterocycles. The molecular weight excluding hydrogens is 661 g/mol. The molecule has 5 aromatic rings. The second kappa shape index (κ2) is 13.1. The second-order valence-electron chi connectivity index (χ2n) is 14.0. The van der Waals surface area contributed by atoms with Gasteiger partial charge in [-0.25, -0.2) is 23.9 Å². The number of rotatable bonds is 7. The SMILES string of the molecule is O=C1CCC(N2Cc3cc(NN4CCCCC4c4cccc(-c5cnc6ccc(N7CCC[C@@H]7c7cccc(F)c7)nn56)n4)ccc3C2=O)C(=O)N1. The minimum absolute atomic E-state index is 0.00267. The fourth-order valence-corrected chi connectivity index (χ4v) is 8.26. The lowest BCUT2D eigenvalue weighted by Crippen LogP contribution is -2.52. The number of hydrogen-bond acceptors (Lipinski definition) is 9. The Kier molecular flexibility index (Phi) is 8.14. The summed E-state index contributed by atoms with van der Waals surface area (Å²) in [7, 11) is 0. The Labute approximate surface area is 299 Å². The Morgan fingerprint density at radius 2 is 1.71 bits per heavy atom. The van der Waals surface area contributed by atoms with E-state index in [1.807, 2.05) is 59.2 Å². The molecule has 3 aromatic heterocycles. The number of hydrogen-bond donors (Lipinski definition) is 2. The Morgan fingerprint density at radius 3 is 2.60 bits per heavy atom. The molecule has 2 unspecified atom stereocenters. The van der Waals surface area contributed by atoms with Crippen LogP contribution in [0.2, 0.25) is 0 Å². The number of anilines is 2. The Bertz CT molecular complexity index is 2220. The highest BCUT2D eigenvalue weighted by Crippen LogP contribution is 2.37. The summed E-state index contributed by atoms with van der Waals surface area (Å²) in [6.45, 7) is 1.97. The van der Waals surface area contributed by atoms with Crippen LogP contribution in [0.15, 0.2) is 79.0 Å². The van der Waals surface area contributed by atoms with Gasteiger partial charge in [-0.3, -0.25) is 19.7 Å². The lowest BCUT2D eigenvalue weighted by Gasteiger charge is -2.36. The normalized spacial score (nSPS) is 22.2. The molecule has 4 aliphatic rings. The first-order chi connectivity index (χ1) is 25.4. The zero-order chi connectivity index (χ0) is 35.3. The zero-order valence-corrected chi connectivity index (χ0v) is 28.5. The van der Waals surface area contributed by atoms with E-state index < -0.39 is 11.9 Å². The zero-order valence-electron chi connectivity index (χ0n) is 28.5. The molecule has 0 bridgehead atoms. The van der Waals surface area contributed by atoms with Crippen LogP contribution in [-0.4, -0.2) is 66.3 Å². The van der Waals surface area contributed by atoms with Crippen LogP contribution in [0.1, 0.15) is 84.2 Å². The average Bonchev–Trinajstić information content (AvgIpc) is 3.89. The molecule has 2 aromatic carbocycles. The van der Waals surface area contributed by atoms with Crippen molar-refractivity contribution in [2.24, 2.45) is 0 Å². The fourth-order valence-electron chi connectivity index (χ4n) is 8.26.